The molecule has 0 radical (unpaired) electrons. The Hall–Kier alpha value is -3.10. The summed E-state index contributed by atoms with van der Waals surface area (Å²) in [6, 6.07) is 1.89. The maximum absolute atomic E-state index is 13.5. The predicted octanol–water partition coefficient (Wildman–Crippen LogP) is 3.36. The Labute approximate surface area is 172 Å². The molecule has 2 fully saturated rings. The minimum absolute atomic E-state index is 0.00327. The predicted molar refractivity (Wildman–Crippen MR) is 108 cm³/mol. The van der Waals surface area contributed by atoms with Crippen molar-refractivity contribution in [1.82, 2.24) is 24.8 Å². The van der Waals surface area contributed by atoms with Gasteiger partial charge in [-0.05, 0) is 46.1 Å². The minimum atomic E-state index is -0.426. The third-order valence-corrected chi connectivity index (χ3v) is 5.91. The minimum Gasteiger partial charge on any atom is -0.443 e. The zero-order chi connectivity index (χ0) is 21.0. The number of anilines is 1. The molecule has 1 aliphatic carbocycles. The smallest absolute Gasteiger partial charge is 0.291 e. The molecule has 0 spiro atoms. The van der Waals surface area contributed by atoms with Gasteiger partial charge in [0.15, 0.2) is 5.82 Å². The van der Waals surface area contributed by atoms with E-state index in [9.17, 15) is 9.18 Å². The summed E-state index contributed by atoms with van der Waals surface area (Å²) in [6.45, 7) is 6.58. The summed E-state index contributed by atoms with van der Waals surface area (Å²) in [4.78, 5) is 32.2. The quantitative estimate of drug-likeness (QED) is 0.704. The fraction of sp³-hybridized carbons (Fsp3) is 0.476. The number of amides is 1. The van der Waals surface area contributed by atoms with Crippen molar-refractivity contribution in [2.75, 3.05) is 18.4 Å². The van der Waals surface area contributed by atoms with Gasteiger partial charge < -0.3 is 14.6 Å². The second kappa shape index (κ2) is 6.72. The van der Waals surface area contributed by atoms with Gasteiger partial charge in [-0.15, -0.1) is 0 Å². The summed E-state index contributed by atoms with van der Waals surface area (Å²) < 4.78 is 19.2. The van der Waals surface area contributed by atoms with Crippen LogP contribution in [-0.2, 0) is 0 Å². The number of likely N-dealkylation sites (tertiary alicyclic amines) is 1. The molecule has 2 aliphatic rings. The van der Waals surface area contributed by atoms with Gasteiger partial charge >= 0.3 is 0 Å². The van der Waals surface area contributed by atoms with E-state index in [1.165, 1.54) is 6.20 Å². The maximum Gasteiger partial charge on any atom is 0.291 e. The number of furan rings is 1. The Balaban J connectivity index is 1.41. The van der Waals surface area contributed by atoms with Crippen molar-refractivity contribution in [3.63, 3.8) is 0 Å². The van der Waals surface area contributed by atoms with Gasteiger partial charge in [-0.2, -0.15) is 4.98 Å². The van der Waals surface area contributed by atoms with Gasteiger partial charge in [0.1, 0.15) is 17.4 Å². The Bertz CT molecular complexity index is 1160. The first-order chi connectivity index (χ1) is 14.3. The lowest BCUT2D eigenvalue weighted by Gasteiger charge is -2.17. The number of aryl methyl sites for hydroxylation is 2. The first-order valence-electron chi connectivity index (χ1n) is 10.2. The summed E-state index contributed by atoms with van der Waals surface area (Å²) in [5, 5.41) is 4.23. The monoisotopic (exact) mass is 410 g/mol. The van der Waals surface area contributed by atoms with Crippen LogP contribution in [0.15, 0.2) is 16.7 Å². The molecule has 8 nitrogen and oxygen atoms in total. The first kappa shape index (κ1) is 18.9. The lowest BCUT2D eigenvalue weighted by Crippen LogP contribution is -2.30. The Morgan fingerprint density at radius 2 is 2.10 bits per heavy atom. The van der Waals surface area contributed by atoms with Gasteiger partial charge in [-0.3, -0.25) is 4.79 Å². The van der Waals surface area contributed by atoms with Crippen LogP contribution in [0.25, 0.3) is 11.1 Å². The third-order valence-electron chi connectivity index (χ3n) is 5.91. The molecule has 1 saturated carbocycles. The van der Waals surface area contributed by atoms with Gasteiger partial charge in [-0.1, -0.05) is 0 Å². The molecule has 0 aromatic carbocycles. The number of hydrogen-bond acceptors (Lipinski definition) is 7. The maximum atomic E-state index is 13.5. The first-order valence-corrected chi connectivity index (χ1v) is 10.2. The number of carbonyl (C=O) groups is 1. The van der Waals surface area contributed by atoms with Crippen molar-refractivity contribution in [2.24, 2.45) is 0 Å². The van der Waals surface area contributed by atoms with Crippen molar-refractivity contribution >= 4 is 22.8 Å². The highest BCUT2D eigenvalue weighted by Crippen LogP contribution is 2.39. The van der Waals surface area contributed by atoms with E-state index in [-0.39, 0.29) is 23.2 Å². The highest BCUT2D eigenvalue weighted by atomic mass is 19.1. The highest BCUT2D eigenvalue weighted by Gasteiger charge is 2.38. The summed E-state index contributed by atoms with van der Waals surface area (Å²) >= 11 is 0. The molecule has 9 heteroatoms. The highest BCUT2D eigenvalue weighted by molar-refractivity contribution is 5.95. The van der Waals surface area contributed by atoms with E-state index in [0.717, 1.165) is 24.0 Å². The van der Waals surface area contributed by atoms with E-state index < -0.39 is 5.82 Å². The molecule has 5 rings (SSSR count). The molecule has 1 aliphatic heterocycles. The van der Waals surface area contributed by atoms with E-state index in [2.05, 4.69) is 32.2 Å². The molecule has 30 heavy (non-hydrogen) atoms. The molecular formula is C21H23FN6O2. The lowest BCUT2D eigenvalue weighted by molar-refractivity contribution is 0.0778. The van der Waals surface area contributed by atoms with Crippen molar-refractivity contribution < 1.29 is 13.6 Å². The van der Waals surface area contributed by atoms with E-state index in [4.69, 9.17) is 4.42 Å². The van der Waals surface area contributed by atoms with Crippen LogP contribution in [0.5, 0.6) is 0 Å². The Kier molecular flexibility index (Phi) is 4.23. The summed E-state index contributed by atoms with van der Waals surface area (Å²) in [6.07, 6.45) is 4.02. The van der Waals surface area contributed by atoms with Gasteiger partial charge in [0, 0.05) is 24.5 Å². The number of nitrogens with zero attached hydrogens (tertiary/aromatic N) is 5. The summed E-state index contributed by atoms with van der Waals surface area (Å²) in [5.74, 6) is 1.31. The zero-order valence-corrected chi connectivity index (χ0v) is 17.2. The van der Waals surface area contributed by atoms with Gasteiger partial charge in [0.25, 0.3) is 5.91 Å². The number of hydrogen-bond donors (Lipinski definition) is 1. The molecule has 1 unspecified atom stereocenters. The normalized spacial score (nSPS) is 20.0. The number of halogens is 1. The Morgan fingerprint density at radius 1 is 1.30 bits per heavy atom. The van der Waals surface area contributed by atoms with Crippen molar-refractivity contribution in [3.8, 4) is 0 Å². The molecular weight excluding hydrogens is 387 g/mol. The molecule has 1 atom stereocenters. The second-order valence-electron chi connectivity index (χ2n) is 8.56. The lowest BCUT2D eigenvalue weighted by atomic mass is 10.1. The van der Waals surface area contributed by atoms with E-state index in [0.29, 0.717) is 42.6 Å². The van der Waals surface area contributed by atoms with E-state index >= 15 is 0 Å². The average Bonchev–Trinajstić information content (AvgIpc) is 3.10. The van der Waals surface area contributed by atoms with Crippen molar-refractivity contribution in [1.29, 1.82) is 0 Å². The number of aromatic nitrogens is 4. The fourth-order valence-corrected chi connectivity index (χ4v) is 3.80. The van der Waals surface area contributed by atoms with Gasteiger partial charge in [0.05, 0.1) is 17.3 Å². The van der Waals surface area contributed by atoms with E-state index in [1.807, 2.05) is 13.0 Å². The van der Waals surface area contributed by atoms with Crippen LogP contribution in [0.2, 0.25) is 0 Å². The SMILES string of the molecule is Cc1cc2c(NC3(C)CC3)nc(C(=O)N3CCC(c4ncc(F)c(C)n4)C3)nc2o1. The molecule has 156 valence electrons. The molecule has 3 aromatic heterocycles. The molecule has 1 N–H and O–H groups in total. The van der Waals surface area contributed by atoms with Crippen LogP contribution in [-0.4, -0.2) is 49.4 Å². The fourth-order valence-electron chi connectivity index (χ4n) is 3.80. The van der Waals surface area contributed by atoms with Crippen LogP contribution in [0, 0.1) is 19.7 Å². The van der Waals surface area contributed by atoms with E-state index in [1.54, 1.807) is 11.8 Å². The molecule has 3 aromatic rings. The summed E-state index contributed by atoms with van der Waals surface area (Å²) in [5.41, 5.74) is 0.727. The molecule has 4 heterocycles. The molecule has 1 saturated heterocycles. The van der Waals surface area contributed by atoms with Crippen molar-refractivity contribution in [2.45, 2.75) is 51.5 Å². The van der Waals surface area contributed by atoms with Crippen LogP contribution >= 0.6 is 0 Å². The second-order valence-corrected chi connectivity index (χ2v) is 8.56. The number of rotatable bonds is 4. The Morgan fingerprint density at radius 3 is 2.83 bits per heavy atom. The standard InChI is InChI=1S/C21H23FN6O2/c1-11-8-14-17(27-21(3)5-6-21)25-18(26-19(14)30-11)20(29)28-7-4-13(10-28)16-23-9-15(22)12(2)24-16/h8-9,13H,4-7,10H2,1-3H3,(H,25,26,27). The summed E-state index contributed by atoms with van der Waals surface area (Å²) in [7, 11) is 0. The number of nitrogens with one attached hydrogen (secondary N) is 1. The number of carbonyl (C=O) groups excluding carboxylic acids is 1. The third kappa shape index (κ3) is 3.38. The molecule has 0 bridgehead atoms. The number of fused-ring (bicyclic) bond motifs is 1. The zero-order valence-electron chi connectivity index (χ0n) is 17.2. The van der Waals surface area contributed by atoms with Gasteiger partial charge in [-0.25, -0.2) is 19.3 Å². The van der Waals surface area contributed by atoms with Crippen molar-refractivity contribution in [3.05, 3.63) is 41.2 Å². The van der Waals surface area contributed by atoms with Crippen LogP contribution in [0.3, 0.4) is 0 Å². The van der Waals surface area contributed by atoms with Crippen LogP contribution < -0.4 is 5.32 Å². The largest absolute Gasteiger partial charge is 0.443 e. The molecule has 1 amide bonds. The van der Waals surface area contributed by atoms with Crippen LogP contribution in [0.1, 0.15) is 60.0 Å². The van der Waals surface area contributed by atoms with Gasteiger partial charge in [0.2, 0.25) is 11.5 Å². The van der Waals surface area contributed by atoms with Crippen LogP contribution in [0.4, 0.5) is 10.2 Å². The topological polar surface area (TPSA) is 97.0 Å². The average molecular weight is 410 g/mol.